The van der Waals surface area contributed by atoms with Gasteiger partial charge < -0.3 is 10.1 Å². The summed E-state index contributed by atoms with van der Waals surface area (Å²) in [7, 11) is 3.47. The Balaban J connectivity index is 3.05. The molecule has 15 heavy (non-hydrogen) atoms. The molecule has 0 aliphatic carbocycles. The minimum absolute atomic E-state index is 0.227. The first-order chi connectivity index (χ1) is 7.22. The zero-order chi connectivity index (χ0) is 11.3. The van der Waals surface area contributed by atoms with Crippen molar-refractivity contribution in [3.8, 4) is 5.75 Å². The van der Waals surface area contributed by atoms with E-state index in [0.717, 1.165) is 30.5 Å². The standard InChI is InChI=1S/C12H18FNO/c1-4-11-9(5-6-14-2)7-10(13)8-12(11)15-3/h7-8,14H,4-6H2,1-3H3. The molecular formula is C12H18FNO. The quantitative estimate of drug-likeness (QED) is 0.805. The van der Waals surface area contributed by atoms with E-state index in [1.165, 1.54) is 6.07 Å². The second kappa shape index (κ2) is 5.71. The van der Waals surface area contributed by atoms with Crippen LogP contribution in [0.25, 0.3) is 0 Å². The Hall–Kier alpha value is -1.09. The molecule has 0 aliphatic heterocycles. The zero-order valence-corrected chi connectivity index (χ0v) is 9.56. The van der Waals surface area contributed by atoms with Gasteiger partial charge in [0.1, 0.15) is 11.6 Å². The lowest BCUT2D eigenvalue weighted by atomic mass is 10.0. The minimum atomic E-state index is -0.227. The highest BCUT2D eigenvalue weighted by Crippen LogP contribution is 2.25. The molecule has 0 saturated heterocycles. The first-order valence-electron chi connectivity index (χ1n) is 5.22. The van der Waals surface area contributed by atoms with Gasteiger partial charge in [0, 0.05) is 6.07 Å². The van der Waals surface area contributed by atoms with Crippen LogP contribution in [0.3, 0.4) is 0 Å². The number of hydrogen-bond donors (Lipinski definition) is 1. The average molecular weight is 211 g/mol. The van der Waals surface area contributed by atoms with Crippen LogP contribution in [-0.2, 0) is 12.8 Å². The second-order valence-electron chi connectivity index (χ2n) is 3.45. The molecule has 0 radical (unpaired) electrons. The van der Waals surface area contributed by atoms with Crippen LogP contribution in [-0.4, -0.2) is 20.7 Å². The van der Waals surface area contributed by atoms with Crippen LogP contribution in [0.4, 0.5) is 4.39 Å². The van der Waals surface area contributed by atoms with E-state index < -0.39 is 0 Å². The number of nitrogens with one attached hydrogen (secondary N) is 1. The van der Waals surface area contributed by atoms with Crippen LogP contribution >= 0.6 is 0 Å². The number of hydrogen-bond acceptors (Lipinski definition) is 2. The molecule has 1 aromatic carbocycles. The Morgan fingerprint density at radius 3 is 2.67 bits per heavy atom. The maximum absolute atomic E-state index is 13.3. The van der Waals surface area contributed by atoms with E-state index in [9.17, 15) is 4.39 Å². The SMILES string of the molecule is CCc1c(CCNC)cc(F)cc1OC. The highest BCUT2D eigenvalue weighted by molar-refractivity contribution is 5.41. The number of methoxy groups -OCH3 is 1. The molecule has 0 saturated carbocycles. The first kappa shape index (κ1) is 12.0. The maximum atomic E-state index is 13.3. The largest absolute Gasteiger partial charge is 0.496 e. The van der Waals surface area contributed by atoms with Gasteiger partial charge in [0.25, 0.3) is 0 Å². The monoisotopic (exact) mass is 211 g/mol. The molecule has 84 valence electrons. The fourth-order valence-electron chi connectivity index (χ4n) is 1.73. The van der Waals surface area contributed by atoms with Gasteiger partial charge in [-0.1, -0.05) is 6.92 Å². The van der Waals surface area contributed by atoms with Crippen molar-refractivity contribution in [2.24, 2.45) is 0 Å². The summed E-state index contributed by atoms with van der Waals surface area (Å²) in [5.74, 6) is 0.429. The predicted molar refractivity (Wildman–Crippen MR) is 60.0 cm³/mol. The van der Waals surface area contributed by atoms with Crippen LogP contribution in [0, 0.1) is 5.82 Å². The minimum Gasteiger partial charge on any atom is -0.496 e. The smallest absolute Gasteiger partial charge is 0.127 e. The van der Waals surface area contributed by atoms with Crippen LogP contribution < -0.4 is 10.1 Å². The summed E-state index contributed by atoms with van der Waals surface area (Å²) in [4.78, 5) is 0. The molecule has 0 amide bonds. The third-order valence-electron chi connectivity index (χ3n) is 2.48. The Morgan fingerprint density at radius 1 is 1.40 bits per heavy atom. The summed E-state index contributed by atoms with van der Waals surface area (Å²) in [5.41, 5.74) is 2.14. The molecule has 0 bridgehead atoms. The number of halogens is 1. The van der Waals surface area contributed by atoms with Crippen molar-refractivity contribution in [2.45, 2.75) is 19.8 Å². The summed E-state index contributed by atoms with van der Waals surface area (Å²) < 4.78 is 18.4. The van der Waals surface area contributed by atoms with E-state index in [-0.39, 0.29) is 5.82 Å². The van der Waals surface area contributed by atoms with Crippen LogP contribution in [0.1, 0.15) is 18.1 Å². The third kappa shape index (κ3) is 2.93. The van der Waals surface area contributed by atoms with E-state index >= 15 is 0 Å². The number of rotatable bonds is 5. The third-order valence-corrected chi connectivity index (χ3v) is 2.48. The average Bonchev–Trinajstić information content (AvgIpc) is 2.25. The second-order valence-corrected chi connectivity index (χ2v) is 3.45. The fourth-order valence-corrected chi connectivity index (χ4v) is 1.73. The van der Waals surface area contributed by atoms with Crippen molar-refractivity contribution in [1.29, 1.82) is 0 Å². The lowest BCUT2D eigenvalue weighted by Gasteiger charge is -2.12. The van der Waals surface area contributed by atoms with Gasteiger partial charge in [0.05, 0.1) is 7.11 Å². The van der Waals surface area contributed by atoms with Gasteiger partial charge in [-0.25, -0.2) is 4.39 Å². The molecule has 1 N–H and O–H groups in total. The van der Waals surface area contributed by atoms with Crippen molar-refractivity contribution in [2.75, 3.05) is 20.7 Å². The summed E-state index contributed by atoms with van der Waals surface area (Å²) in [6.07, 6.45) is 1.69. The molecule has 3 heteroatoms. The van der Waals surface area contributed by atoms with Crippen molar-refractivity contribution in [3.05, 3.63) is 29.1 Å². The van der Waals surface area contributed by atoms with Gasteiger partial charge in [0.2, 0.25) is 0 Å². The lowest BCUT2D eigenvalue weighted by molar-refractivity contribution is 0.405. The number of benzene rings is 1. The summed E-state index contributed by atoms with van der Waals surface area (Å²) >= 11 is 0. The molecule has 0 fully saturated rings. The Kier molecular flexibility index (Phi) is 4.56. The zero-order valence-electron chi connectivity index (χ0n) is 9.56. The summed E-state index contributed by atoms with van der Waals surface area (Å²) in [6, 6.07) is 3.04. The van der Waals surface area contributed by atoms with E-state index in [0.29, 0.717) is 5.75 Å². The molecule has 2 nitrogen and oxygen atoms in total. The maximum Gasteiger partial charge on any atom is 0.127 e. The Labute approximate surface area is 90.4 Å². The van der Waals surface area contributed by atoms with Gasteiger partial charge in [0.15, 0.2) is 0 Å². The summed E-state index contributed by atoms with van der Waals surface area (Å²) in [5, 5.41) is 3.06. The number of ether oxygens (including phenoxy) is 1. The Morgan fingerprint density at radius 2 is 2.13 bits per heavy atom. The van der Waals surface area contributed by atoms with Gasteiger partial charge in [-0.2, -0.15) is 0 Å². The molecule has 0 spiro atoms. The van der Waals surface area contributed by atoms with E-state index in [2.05, 4.69) is 12.2 Å². The number of likely N-dealkylation sites (N-methyl/N-ethyl adjacent to an activating group) is 1. The predicted octanol–water partition coefficient (Wildman–Crippen LogP) is 2.16. The molecule has 0 aromatic heterocycles. The Bertz CT molecular complexity index is 326. The highest BCUT2D eigenvalue weighted by Gasteiger charge is 2.09. The van der Waals surface area contributed by atoms with Gasteiger partial charge in [-0.15, -0.1) is 0 Å². The van der Waals surface area contributed by atoms with E-state index in [1.807, 2.05) is 7.05 Å². The molecular weight excluding hydrogens is 193 g/mol. The van der Waals surface area contributed by atoms with Gasteiger partial charge in [-0.3, -0.25) is 0 Å². The molecule has 0 atom stereocenters. The molecule has 1 rings (SSSR count). The van der Waals surface area contributed by atoms with Crippen LogP contribution in [0.5, 0.6) is 5.75 Å². The van der Waals surface area contributed by atoms with Crippen LogP contribution in [0.2, 0.25) is 0 Å². The van der Waals surface area contributed by atoms with Gasteiger partial charge in [-0.05, 0) is 43.6 Å². The van der Waals surface area contributed by atoms with E-state index in [1.54, 1.807) is 13.2 Å². The fraction of sp³-hybridized carbons (Fsp3) is 0.500. The first-order valence-corrected chi connectivity index (χ1v) is 5.22. The van der Waals surface area contributed by atoms with E-state index in [4.69, 9.17) is 4.74 Å². The highest BCUT2D eigenvalue weighted by atomic mass is 19.1. The van der Waals surface area contributed by atoms with Crippen molar-refractivity contribution < 1.29 is 9.13 Å². The van der Waals surface area contributed by atoms with Crippen molar-refractivity contribution in [3.63, 3.8) is 0 Å². The van der Waals surface area contributed by atoms with Gasteiger partial charge >= 0.3 is 0 Å². The molecule has 0 aliphatic rings. The van der Waals surface area contributed by atoms with Crippen molar-refractivity contribution >= 4 is 0 Å². The summed E-state index contributed by atoms with van der Waals surface area (Å²) in [6.45, 7) is 2.90. The molecule has 0 heterocycles. The molecule has 1 aromatic rings. The lowest BCUT2D eigenvalue weighted by Crippen LogP contribution is -2.12. The molecule has 0 unspecified atom stereocenters. The van der Waals surface area contributed by atoms with Crippen LogP contribution in [0.15, 0.2) is 12.1 Å². The van der Waals surface area contributed by atoms with Crippen molar-refractivity contribution in [1.82, 2.24) is 5.32 Å². The normalized spacial score (nSPS) is 10.4. The topological polar surface area (TPSA) is 21.3 Å².